The van der Waals surface area contributed by atoms with Crippen LogP contribution in [0.4, 0.5) is 15.9 Å². The molecule has 0 aliphatic rings. The number of carbonyl (C=O) groups is 1. The normalized spacial score (nSPS) is 9.89. The first-order chi connectivity index (χ1) is 8.70. The van der Waals surface area contributed by atoms with Crippen LogP contribution in [0.3, 0.4) is 0 Å². The van der Waals surface area contributed by atoms with Crippen LogP contribution in [-0.4, -0.2) is 28.0 Å². The number of esters is 1. The summed E-state index contributed by atoms with van der Waals surface area (Å²) in [6, 6.07) is 1.23. The molecule has 0 radical (unpaired) electrons. The van der Waals surface area contributed by atoms with Crippen molar-refractivity contribution in [2.45, 2.75) is 0 Å². The van der Waals surface area contributed by atoms with E-state index in [0.29, 0.717) is 5.69 Å². The van der Waals surface area contributed by atoms with Gasteiger partial charge in [-0.25, -0.2) is 19.2 Å². The molecule has 0 spiro atoms. The van der Waals surface area contributed by atoms with Crippen molar-refractivity contribution < 1.29 is 13.9 Å². The van der Waals surface area contributed by atoms with E-state index in [-0.39, 0.29) is 11.4 Å². The lowest BCUT2D eigenvalue weighted by molar-refractivity contribution is 0.0601. The minimum absolute atomic E-state index is 0.157. The molecule has 0 atom stereocenters. The van der Waals surface area contributed by atoms with E-state index in [2.05, 4.69) is 25.0 Å². The van der Waals surface area contributed by atoms with Crippen LogP contribution >= 0.6 is 0 Å². The van der Waals surface area contributed by atoms with E-state index in [1.807, 2.05) is 0 Å². The third-order valence-corrected chi connectivity index (χ3v) is 2.09. The Labute approximate surface area is 102 Å². The number of aromatic nitrogens is 3. The van der Waals surface area contributed by atoms with Crippen LogP contribution in [0, 0.1) is 5.82 Å². The van der Waals surface area contributed by atoms with Crippen LogP contribution in [0.25, 0.3) is 0 Å². The van der Waals surface area contributed by atoms with Crippen LogP contribution in [0.5, 0.6) is 0 Å². The molecule has 0 amide bonds. The topological polar surface area (TPSA) is 77.0 Å². The van der Waals surface area contributed by atoms with E-state index in [1.54, 1.807) is 0 Å². The molecule has 6 nitrogen and oxygen atoms in total. The molecule has 2 rings (SSSR count). The molecule has 0 saturated heterocycles. The lowest BCUT2D eigenvalue weighted by atomic mass is 10.3. The van der Waals surface area contributed by atoms with Gasteiger partial charge in [0.15, 0.2) is 0 Å². The van der Waals surface area contributed by atoms with Gasteiger partial charge in [0.05, 0.1) is 25.2 Å². The number of ether oxygens (including phenoxy) is 1. The SMILES string of the molecule is COC(=O)c1cncnc1Nc1cncc(F)c1. The van der Waals surface area contributed by atoms with Gasteiger partial charge < -0.3 is 10.1 Å². The van der Waals surface area contributed by atoms with Crippen molar-refractivity contribution in [3.63, 3.8) is 0 Å². The first-order valence-corrected chi connectivity index (χ1v) is 4.96. The summed E-state index contributed by atoms with van der Waals surface area (Å²) >= 11 is 0. The maximum atomic E-state index is 13.0. The molecule has 0 bridgehead atoms. The van der Waals surface area contributed by atoms with Gasteiger partial charge in [0.25, 0.3) is 0 Å². The lowest BCUT2D eigenvalue weighted by Gasteiger charge is -2.08. The molecule has 18 heavy (non-hydrogen) atoms. The minimum atomic E-state index is -0.581. The average Bonchev–Trinajstić information content (AvgIpc) is 2.38. The average molecular weight is 248 g/mol. The summed E-state index contributed by atoms with van der Waals surface area (Å²) in [7, 11) is 1.25. The van der Waals surface area contributed by atoms with Gasteiger partial charge in [-0.05, 0) is 0 Å². The van der Waals surface area contributed by atoms with E-state index in [1.165, 1.54) is 31.9 Å². The van der Waals surface area contributed by atoms with Gasteiger partial charge in [-0.1, -0.05) is 0 Å². The molecular weight excluding hydrogens is 239 g/mol. The predicted molar refractivity (Wildman–Crippen MR) is 60.8 cm³/mol. The highest BCUT2D eigenvalue weighted by Gasteiger charge is 2.13. The summed E-state index contributed by atoms with van der Waals surface area (Å²) in [5, 5.41) is 2.77. The zero-order valence-electron chi connectivity index (χ0n) is 9.42. The standard InChI is InChI=1S/C11H9FN4O2/c1-18-11(17)9-5-14-6-15-10(9)16-8-2-7(12)3-13-4-8/h2-6H,1H3,(H,14,15,16). The number of pyridine rings is 1. The molecular formula is C11H9FN4O2. The Balaban J connectivity index is 2.32. The zero-order chi connectivity index (χ0) is 13.0. The third kappa shape index (κ3) is 2.57. The van der Waals surface area contributed by atoms with Crippen molar-refractivity contribution >= 4 is 17.5 Å². The molecule has 0 aromatic carbocycles. The monoisotopic (exact) mass is 248 g/mol. The fourth-order valence-corrected chi connectivity index (χ4v) is 1.31. The second-order valence-electron chi connectivity index (χ2n) is 3.29. The highest BCUT2D eigenvalue weighted by Crippen LogP contribution is 2.18. The number of nitrogens with zero attached hydrogens (tertiary/aromatic N) is 3. The van der Waals surface area contributed by atoms with Gasteiger partial charge in [-0.15, -0.1) is 0 Å². The molecule has 0 aliphatic heterocycles. The maximum absolute atomic E-state index is 13.0. The third-order valence-electron chi connectivity index (χ3n) is 2.09. The van der Waals surface area contributed by atoms with E-state index in [9.17, 15) is 9.18 Å². The molecule has 7 heteroatoms. The van der Waals surface area contributed by atoms with Crippen LogP contribution in [0.15, 0.2) is 31.0 Å². The molecule has 0 unspecified atom stereocenters. The second kappa shape index (κ2) is 5.17. The Morgan fingerprint density at radius 2 is 2.17 bits per heavy atom. The van der Waals surface area contributed by atoms with E-state index in [0.717, 1.165) is 6.20 Å². The summed E-state index contributed by atoms with van der Waals surface area (Å²) in [5.41, 5.74) is 0.531. The van der Waals surface area contributed by atoms with Crippen molar-refractivity contribution in [2.24, 2.45) is 0 Å². The Morgan fingerprint density at radius 3 is 2.89 bits per heavy atom. The van der Waals surface area contributed by atoms with E-state index in [4.69, 9.17) is 0 Å². The Kier molecular flexibility index (Phi) is 3.42. The number of methoxy groups -OCH3 is 1. The number of anilines is 2. The molecule has 2 heterocycles. The fraction of sp³-hybridized carbons (Fsp3) is 0.0909. The van der Waals surface area contributed by atoms with Gasteiger partial charge in [0.2, 0.25) is 0 Å². The first kappa shape index (κ1) is 11.9. The molecule has 1 N–H and O–H groups in total. The van der Waals surface area contributed by atoms with Gasteiger partial charge in [0.1, 0.15) is 23.5 Å². The molecule has 0 fully saturated rings. The Hall–Kier alpha value is -2.57. The Morgan fingerprint density at radius 1 is 1.33 bits per heavy atom. The van der Waals surface area contributed by atoms with Crippen molar-refractivity contribution in [3.8, 4) is 0 Å². The van der Waals surface area contributed by atoms with Crippen LogP contribution in [0.1, 0.15) is 10.4 Å². The van der Waals surface area contributed by atoms with Crippen LogP contribution < -0.4 is 5.32 Å². The Bertz CT molecular complexity index is 576. The number of carbonyl (C=O) groups excluding carboxylic acids is 1. The van der Waals surface area contributed by atoms with Gasteiger partial charge >= 0.3 is 5.97 Å². The summed E-state index contributed by atoms with van der Waals surface area (Å²) in [6.07, 6.45) is 5.06. The number of hydrogen-bond acceptors (Lipinski definition) is 6. The van der Waals surface area contributed by atoms with Gasteiger partial charge in [-0.3, -0.25) is 4.98 Å². The number of halogens is 1. The number of nitrogens with one attached hydrogen (secondary N) is 1. The molecule has 0 saturated carbocycles. The van der Waals surface area contributed by atoms with Crippen LogP contribution in [0.2, 0.25) is 0 Å². The smallest absolute Gasteiger partial charge is 0.343 e. The quantitative estimate of drug-likeness (QED) is 0.830. The second-order valence-corrected chi connectivity index (χ2v) is 3.29. The summed E-state index contributed by atoms with van der Waals surface area (Å²) < 4.78 is 17.6. The van der Waals surface area contributed by atoms with E-state index < -0.39 is 11.8 Å². The molecule has 2 aromatic heterocycles. The predicted octanol–water partition coefficient (Wildman–Crippen LogP) is 1.54. The number of rotatable bonds is 3. The zero-order valence-corrected chi connectivity index (χ0v) is 9.42. The van der Waals surface area contributed by atoms with Crippen molar-refractivity contribution in [2.75, 3.05) is 12.4 Å². The molecule has 0 aliphatic carbocycles. The largest absolute Gasteiger partial charge is 0.465 e. The number of hydrogen-bond donors (Lipinski definition) is 1. The van der Waals surface area contributed by atoms with Crippen molar-refractivity contribution in [3.05, 3.63) is 42.4 Å². The maximum Gasteiger partial charge on any atom is 0.343 e. The highest BCUT2D eigenvalue weighted by molar-refractivity contribution is 5.94. The summed E-state index contributed by atoms with van der Waals surface area (Å²) in [5.74, 6) is -0.847. The van der Waals surface area contributed by atoms with Crippen molar-refractivity contribution in [1.82, 2.24) is 15.0 Å². The first-order valence-electron chi connectivity index (χ1n) is 4.96. The lowest BCUT2D eigenvalue weighted by Crippen LogP contribution is -2.08. The highest BCUT2D eigenvalue weighted by atomic mass is 19.1. The fourth-order valence-electron chi connectivity index (χ4n) is 1.31. The van der Waals surface area contributed by atoms with Gasteiger partial charge in [-0.2, -0.15) is 0 Å². The van der Waals surface area contributed by atoms with E-state index >= 15 is 0 Å². The van der Waals surface area contributed by atoms with Crippen LogP contribution in [-0.2, 0) is 4.74 Å². The van der Waals surface area contributed by atoms with Gasteiger partial charge in [0, 0.05) is 12.3 Å². The summed E-state index contributed by atoms with van der Waals surface area (Å²) in [4.78, 5) is 22.8. The minimum Gasteiger partial charge on any atom is -0.465 e. The molecule has 92 valence electrons. The summed E-state index contributed by atoms with van der Waals surface area (Å²) in [6.45, 7) is 0. The molecule has 2 aromatic rings. The van der Waals surface area contributed by atoms with Crippen molar-refractivity contribution in [1.29, 1.82) is 0 Å².